The Morgan fingerprint density at radius 2 is 2.12 bits per heavy atom. The van der Waals surface area contributed by atoms with Crippen LogP contribution in [-0.2, 0) is 5.41 Å². The van der Waals surface area contributed by atoms with Crippen LogP contribution in [0.25, 0.3) is 11.0 Å². The van der Waals surface area contributed by atoms with Crippen LogP contribution >= 0.6 is 0 Å². The largest absolute Gasteiger partial charge is 0.346 e. The van der Waals surface area contributed by atoms with E-state index >= 15 is 0 Å². The van der Waals surface area contributed by atoms with Crippen molar-refractivity contribution in [1.29, 1.82) is 0 Å². The summed E-state index contributed by atoms with van der Waals surface area (Å²) in [5.41, 5.74) is 2.74. The molecule has 0 bridgehead atoms. The number of fused-ring (bicyclic) bond motifs is 1. The van der Waals surface area contributed by atoms with Crippen LogP contribution in [0, 0.1) is 0 Å². The Morgan fingerprint density at radius 1 is 1.31 bits per heavy atom. The van der Waals surface area contributed by atoms with Gasteiger partial charge in [0, 0.05) is 17.8 Å². The first-order valence-corrected chi connectivity index (χ1v) is 5.93. The quantitative estimate of drug-likeness (QED) is 0.765. The fourth-order valence-corrected chi connectivity index (χ4v) is 2.70. The number of aromatic nitrogens is 2. The highest BCUT2D eigenvalue weighted by atomic mass is 14.9. The molecule has 1 aliphatic rings. The van der Waals surface area contributed by atoms with Gasteiger partial charge in [-0.25, -0.2) is 4.98 Å². The first-order chi connectivity index (χ1) is 7.80. The second kappa shape index (κ2) is 3.59. The van der Waals surface area contributed by atoms with Crippen molar-refractivity contribution < 1.29 is 0 Å². The van der Waals surface area contributed by atoms with Crippen molar-refractivity contribution in [3.05, 3.63) is 30.1 Å². The number of aromatic amines is 1. The molecule has 3 heteroatoms. The second-order valence-electron chi connectivity index (χ2n) is 4.91. The number of nitrogens with zero attached hydrogens (tertiary/aromatic N) is 1. The Hall–Kier alpha value is -1.35. The summed E-state index contributed by atoms with van der Waals surface area (Å²) in [4.78, 5) is 7.64. The summed E-state index contributed by atoms with van der Waals surface area (Å²) in [6.07, 6.45) is 6.39. The Kier molecular flexibility index (Phi) is 2.21. The first-order valence-electron chi connectivity index (χ1n) is 5.93. The summed E-state index contributed by atoms with van der Waals surface area (Å²) < 4.78 is 0. The van der Waals surface area contributed by atoms with E-state index in [2.05, 4.69) is 34.5 Å². The van der Waals surface area contributed by atoms with Crippen LogP contribution < -0.4 is 5.32 Å². The number of rotatable bonds is 1. The number of hydrogen-bond donors (Lipinski definition) is 2. The predicted octanol–water partition coefficient (Wildman–Crippen LogP) is 2.20. The molecule has 0 saturated carbocycles. The van der Waals surface area contributed by atoms with Gasteiger partial charge in [-0.3, -0.25) is 0 Å². The van der Waals surface area contributed by atoms with E-state index in [0.29, 0.717) is 5.41 Å². The van der Waals surface area contributed by atoms with Crippen LogP contribution in [0.1, 0.15) is 25.3 Å². The molecule has 3 heterocycles. The lowest BCUT2D eigenvalue weighted by Crippen LogP contribution is -2.37. The molecule has 2 aromatic rings. The summed E-state index contributed by atoms with van der Waals surface area (Å²) in [6, 6.07) is 4.19. The average Bonchev–Trinajstić information content (AvgIpc) is 2.74. The topological polar surface area (TPSA) is 40.7 Å². The lowest BCUT2D eigenvalue weighted by Gasteiger charge is -2.34. The minimum absolute atomic E-state index is 0.298. The molecule has 3 rings (SSSR count). The molecule has 3 nitrogen and oxygen atoms in total. The monoisotopic (exact) mass is 215 g/mol. The summed E-state index contributed by atoms with van der Waals surface area (Å²) >= 11 is 0. The Bertz CT molecular complexity index is 495. The van der Waals surface area contributed by atoms with Crippen LogP contribution in [0.5, 0.6) is 0 Å². The smallest absolute Gasteiger partial charge is 0.137 e. The van der Waals surface area contributed by atoms with Gasteiger partial charge in [-0.05, 0) is 49.0 Å². The highest BCUT2D eigenvalue weighted by Gasteiger charge is 2.30. The standard InChI is InChI=1S/C13H17N3/c1-13(4-7-14-8-5-13)11-9-16-12-10(11)3-2-6-15-12/h2-3,6,9,14H,4-5,7-8H2,1H3,(H,15,16). The first kappa shape index (κ1) is 9.85. The van der Waals surface area contributed by atoms with Crippen molar-refractivity contribution in [2.24, 2.45) is 0 Å². The zero-order valence-electron chi connectivity index (χ0n) is 9.59. The molecule has 2 aromatic heterocycles. The predicted molar refractivity (Wildman–Crippen MR) is 65.5 cm³/mol. The van der Waals surface area contributed by atoms with E-state index in [0.717, 1.165) is 18.7 Å². The van der Waals surface area contributed by atoms with E-state index in [-0.39, 0.29) is 0 Å². The van der Waals surface area contributed by atoms with E-state index < -0.39 is 0 Å². The van der Waals surface area contributed by atoms with Crippen molar-refractivity contribution in [2.75, 3.05) is 13.1 Å². The molecule has 84 valence electrons. The molecule has 0 spiro atoms. The summed E-state index contributed by atoms with van der Waals surface area (Å²) in [5.74, 6) is 0. The van der Waals surface area contributed by atoms with Crippen LogP contribution in [0.4, 0.5) is 0 Å². The van der Waals surface area contributed by atoms with Gasteiger partial charge in [-0.1, -0.05) is 6.92 Å². The van der Waals surface area contributed by atoms with Gasteiger partial charge >= 0.3 is 0 Å². The minimum Gasteiger partial charge on any atom is -0.346 e. The van der Waals surface area contributed by atoms with Crippen molar-refractivity contribution in [2.45, 2.75) is 25.2 Å². The Morgan fingerprint density at radius 3 is 2.94 bits per heavy atom. The highest BCUT2D eigenvalue weighted by Crippen LogP contribution is 2.36. The van der Waals surface area contributed by atoms with Gasteiger partial charge in [0.15, 0.2) is 0 Å². The van der Waals surface area contributed by atoms with Crippen molar-refractivity contribution in [3.63, 3.8) is 0 Å². The van der Waals surface area contributed by atoms with Crippen molar-refractivity contribution >= 4 is 11.0 Å². The molecular weight excluding hydrogens is 198 g/mol. The molecule has 1 fully saturated rings. The molecule has 0 radical (unpaired) electrons. The highest BCUT2D eigenvalue weighted by molar-refractivity contribution is 5.80. The maximum atomic E-state index is 4.36. The van der Waals surface area contributed by atoms with E-state index in [1.807, 2.05) is 12.3 Å². The maximum absolute atomic E-state index is 4.36. The third-order valence-electron chi connectivity index (χ3n) is 3.81. The third kappa shape index (κ3) is 1.43. The van der Waals surface area contributed by atoms with Gasteiger partial charge in [0.25, 0.3) is 0 Å². The Balaban J connectivity index is 2.11. The van der Waals surface area contributed by atoms with Gasteiger partial charge in [0.2, 0.25) is 0 Å². The van der Waals surface area contributed by atoms with Crippen LogP contribution in [0.2, 0.25) is 0 Å². The molecule has 0 aromatic carbocycles. The molecule has 1 saturated heterocycles. The fraction of sp³-hybridized carbons (Fsp3) is 0.462. The lowest BCUT2D eigenvalue weighted by molar-refractivity contribution is 0.337. The normalized spacial score (nSPS) is 20.1. The van der Waals surface area contributed by atoms with Crippen LogP contribution in [-0.4, -0.2) is 23.1 Å². The number of hydrogen-bond acceptors (Lipinski definition) is 2. The van der Waals surface area contributed by atoms with E-state index in [1.54, 1.807) is 0 Å². The maximum Gasteiger partial charge on any atom is 0.137 e. The number of nitrogens with one attached hydrogen (secondary N) is 2. The molecule has 1 aliphatic heterocycles. The number of H-pyrrole nitrogens is 1. The molecule has 0 unspecified atom stereocenters. The van der Waals surface area contributed by atoms with E-state index in [1.165, 1.54) is 23.8 Å². The number of pyridine rings is 1. The van der Waals surface area contributed by atoms with Crippen LogP contribution in [0.3, 0.4) is 0 Å². The van der Waals surface area contributed by atoms with Gasteiger partial charge in [0.1, 0.15) is 5.65 Å². The molecule has 0 amide bonds. The molecule has 16 heavy (non-hydrogen) atoms. The zero-order valence-corrected chi connectivity index (χ0v) is 9.59. The number of piperidine rings is 1. The molecule has 2 N–H and O–H groups in total. The third-order valence-corrected chi connectivity index (χ3v) is 3.81. The van der Waals surface area contributed by atoms with Gasteiger partial charge in [0.05, 0.1) is 0 Å². The van der Waals surface area contributed by atoms with Gasteiger partial charge in [-0.15, -0.1) is 0 Å². The van der Waals surface area contributed by atoms with E-state index in [4.69, 9.17) is 0 Å². The molecular formula is C13H17N3. The van der Waals surface area contributed by atoms with Gasteiger partial charge < -0.3 is 10.3 Å². The SMILES string of the molecule is CC1(c2c[nH]c3ncccc23)CCNCC1. The summed E-state index contributed by atoms with van der Waals surface area (Å²) in [5, 5.41) is 4.71. The summed E-state index contributed by atoms with van der Waals surface area (Å²) in [6.45, 7) is 4.59. The van der Waals surface area contributed by atoms with E-state index in [9.17, 15) is 0 Å². The molecule has 0 atom stereocenters. The fourth-order valence-electron chi connectivity index (χ4n) is 2.70. The van der Waals surface area contributed by atoms with Gasteiger partial charge in [-0.2, -0.15) is 0 Å². The van der Waals surface area contributed by atoms with Crippen molar-refractivity contribution in [1.82, 2.24) is 15.3 Å². The Labute approximate surface area is 95.3 Å². The second-order valence-corrected chi connectivity index (χ2v) is 4.91. The average molecular weight is 215 g/mol. The lowest BCUT2D eigenvalue weighted by atomic mass is 9.75. The summed E-state index contributed by atoms with van der Waals surface area (Å²) in [7, 11) is 0. The van der Waals surface area contributed by atoms with Crippen molar-refractivity contribution in [3.8, 4) is 0 Å². The minimum atomic E-state index is 0.298. The molecule has 0 aliphatic carbocycles. The zero-order chi connectivity index (χ0) is 11.0. The van der Waals surface area contributed by atoms with Crippen LogP contribution in [0.15, 0.2) is 24.5 Å².